The van der Waals surface area contributed by atoms with Gasteiger partial charge in [0.15, 0.2) is 0 Å². The zero-order chi connectivity index (χ0) is 15.3. The van der Waals surface area contributed by atoms with Gasteiger partial charge in [0, 0.05) is 25.2 Å². The Bertz CT molecular complexity index is 372. The Morgan fingerprint density at radius 3 is 2.00 bits per heavy atom. The lowest BCUT2D eigenvalue weighted by Gasteiger charge is -2.29. The molecule has 1 atom stereocenters. The lowest BCUT2D eigenvalue weighted by molar-refractivity contribution is -0.561. The third-order valence-electron chi connectivity index (χ3n) is 2.46. The quantitative estimate of drug-likeness (QED) is 0.351. The van der Waals surface area contributed by atoms with Crippen LogP contribution in [0.2, 0.25) is 0 Å². The van der Waals surface area contributed by atoms with Crippen molar-refractivity contribution in [2.24, 2.45) is 0 Å². The van der Waals surface area contributed by atoms with Crippen molar-refractivity contribution in [1.29, 1.82) is 0 Å². The number of hydrogen-bond donors (Lipinski definition) is 0. The highest BCUT2D eigenvalue weighted by Gasteiger charge is 2.44. The summed E-state index contributed by atoms with van der Waals surface area (Å²) in [5.74, 6) is -1.68. The Morgan fingerprint density at radius 2 is 1.74 bits per heavy atom. The number of carbonyl (C=O) groups is 1. The first kappa shape index (κ1) is 18.0. The van der Waals surface area contributed by atoms with Crippen molar-refractivity contribution >= 4 is 13.6 Å². The van der Waals surface area contributed by atoms with Crippen molar-refractivity contribution in [2.45, 2.75) is 45.3 Å². The molecular formula is C10H19NO7P-. The highest BCUT2D eigenvalue weighted by molar-refractivity contribution is 7.55. The van der Waals surface area contributed by atoms with Crippen LogP contribution in [0.25, 0.3) is 0 Å². The molecular weight excluding hydrogens is 277 g/mol. The predicted octanol–water partition coefficient (Wildman–Crippen LogP) is 0.816. The van der Waals surface area contributed by atoms with Crippen molar-refractivity contribution in [1.82, 2.24) is 0 Å². The summed E-state index contributed by atoms with van der Waals surface area (Å²) in [6.45, 7) is 5.48. The van der Waals surface area contributed by atoms with Gasteiger partial charge in [-0.25, -0.2) is 0 Å². The Balaban J connectivity index is 5.34. The highest BCUT2D eigenvalue weighted by atomic mass is 31.2. The number of aliphatic carboxylic acids is 1. The summed E-state index contributed by atoms with van der Waals surface area (Å²) in [6.07, 6.45) is -0.500. The molecule has 0 aliphatic heterocycles. The fourth-order valence-electron chi connectivity index (χ4n) is 1.45. The first-order valence-corrected chi connectivity index (χ1v) is 7.46. The van der Waals surface area contributed by atoms with E-state index in [2.05, 4.69) is 0 Å². The minimum atomic E-state index is -3.99. The monoisotopic (exact) mass is 296 g/mol. The molecule has 0 aromatic heterocycles. The van der Waals surface area contributed by atoms with Gasteiger partial charge in [-0.2, -0.15) is 0 Å². The van der Waals surface area contributed by atoms with Gasteiger partial charge in [-0.1, -0.05) is 0 Å². The van der Waals surface area contributed by atoms with Gasteiger partial charge in [0.25, 0.3) is 0 Å². The summed E-state index contributed by atoms with van der Waals surface area (Å²) < 4.78 is 22.2. The van der Waals surface area contributed by atoms with E-state index in [1.807, 2.05) is 0 Å². The van der Waals surface area contributed by atoms with Crippen LogP contribution < -0.4 is 5.11 Å². The molecule has 0 heterocycles. The average molecular weight is 296 g/mol. The molecule has 0 radical (unpaired) electrons. The third-order valence-corrected chi connectivity index (χ3v) is 4.85. The molecule has 0 saturated carbocycles. The molecule has 0 aromatic carbocycles. The molecule has 0 aliphatic carbocycles. The van der Waals surface area contributed by atoms with Gasteiger partial charge in [-0.3, -0.25) is 14.7 Å². The molecule has 0 aliphatic rings. The van der Waals surface area contributed by atoms with Crippen molar-refractivity contribution in [2.75, 3.05) is 13.2 Å². The molecule has 8 nitrogen and oxygen atoms in total. The minimum absolute atomic E-state index is 0.0278. The van der Waals surface area contributed by atoms with Gasteiger partial charge in [0.1, 0.15) is 5.66 Å². The van der Waals surface area contributed by atoms with E-state index in [4.69, 9.17) is 9.05 Å². The van der Waals surface area contributed by atoms with Crippen LogP contribution in [0.5, 0.6) is 0 Å². The van der Waals surface area contributed by atoms with E-state index >= 15 is 0 Å². The number of nitrogens with zero attached hydrogens (tertiary/aromatic N) is 1. The molecule has 9 heteroatoms. The van der Waals surface area contributed by atoms with Crippen LogP contribution in [0.15, 0.2) is 0 Å². The van der Waals surface area contributed by atoms with E-state index < -0.39 is 36.1 Å². The van der Waals surface area contributed by atoms with Crippen LogP contribution in [-0.2, 0) is 18.4 Å². The van der Waals surface area contributed by atoms with Crippen LogP contribution in [0.3, 0.4) is 0 Å². The van der Waals surface area contributed by atoms with E-state index in [1.165, 1.54) is 27.7 Å². The van der Waals surface area contributed by atoms with Gasteiger partial charge in [-0.15, -0.1) is 0 Å². The van der Waals surface area contributed by atoms with Crippen molar-refractivity contribution < 1.29 is 28.4 Å². The first-order chi connectivity index (χ1) is 8.60. The summed E-state index contributed by atoms with van der Waals surface area (Å²) in [4.78, 5) is 21.3. The Kier molecular flexibility index (Phi) is 6.62. The number of carboxylic acid groups (broad SMARTS) is 1. The standard InChI is InChI=1S/C10H20NO7P/c1-5-17-19(16,18-6-2)8(9(12)13)7-10(3,4)11(14)15/h8H,5-7H2,1-4H3,(H,12,13)/p-1. The maximum atomic E-state index is 12.4. The number of carboxylic acids is 1. The molecule has 0 bridgehead atoms. The van der Waals surface area contributed by atoms with E-state index in [0.29, 0.717) is 0 Å². The molecule has 0 spiro atoms. The third kappa shape index (κ3) is 4.89. The van der Waals surface area contributed by atoms with Gasteiger partial charge in [0.05, 0.1) is 19.2 Å². The number of hydrogen-bond acceptors (Lipinski definition) is 7. The molecule has 0 saturated heterocycles. The lowest BCUT2D eigenvalue weighted by Crippen LogP contribution is -2.44. The average Bonchev–Trinajstić information content (AvgIpc) is 2.26. The summed E-state index contributed by atoms with van der Waals surface area (Å²) in [5.41, 5.74) is -3.25. The van der Waals surface area contributed by atoms with Crippen molar-refractivity contribution in [3.05, 3.63) is 10.1 Å². The van der Waals surface area contributed by atoms with Crippen LogP contribution in [-0.4, -0.2) is 35.3 Å². The van der Waals surface area contributed by atoms with Gasteiger partial charge < -0.3 is 18.9 Å². The zero-order valence-corrected chi connectivity index (χ0v) is 12.3. The molecule has 19 heavy (non-hydrogen) atoms. The molecule has 0 rings (SSSR count). The zero-order valence-electron chi connectivity index (χ0n) is 11.5. The lowest BCUT2D eigenvalue weighted by atomic mass is 9.99. The Hall–Kier alpha value is -0.980. The summed E-state index contributed by atoms with van der Waals surface area (Å²) in [6, 6.07) is 0. The molecule has 0 N–H and O–H groups in total. The van der Waals surface area contributed by atoms with E-state index in [0.717, 1.165) is 0 Å². The molecule has 1 unspecified atom stereocenters. The van der Waals surface area contributed by atoms with Crippen LogP contribution in [0, 0.1) is 10.1 Å². The second-order valence-electron chi connectivity index (χ2n) is 4.48. The summed E-state index contributed by atoms with van der Waals surface area (Å²) >= 11 is 0. The molecule has 0 fully saturated rings. The van der Waals surface area contributed by atoms with Crippen LogP contribution in [0.1, 0.15) is 34.1 Å². The van der Waals surface area contributed by atoms with Crippen molar-refractivity contribution in [3.8, 4) is 0 Å². The smallest absolute Gasteiger partial charge is 0.339 e. The van der Waals surface area contributed by atoms with Gasteiger partial charge in [0.2, 0.25) is 5.54 Å². The first-order valence-electron chi connectivity index (χ1n) is 5.84. The summed E-state index contributed by atoms with van der Waals surface area (Å²) in [7, 11) is -3.99. The SMILES string of the molecule is CCOP(=O)(OCC)C(CC(C)(C)[N+](=O)[O-])C(=O)[O-]. The Morgan fingerprint density at radius 1 is 1.32 bits per heavy atom. The minimum Gasteiger partial charge on any atom is -0.549 e. The van der Waals surface area contributed by atoms with Crippen LogP contribution >= 0.6 is 7.60 Å². The normalized spacial score (nSPS) is 14.1. The molecule has 0 aromatic rings. The van der Waals surface area contributed by atoms with Crippen LogP contribution in [0.4, 0.5) is 0 Å². The Labute approximate surface area is 111 Å². The second-order valence-corrected chi connectivity index (χ2v) is 6.70. The predicted molar refractivity (Wildman–Crippen MR) is 65.3 cm³/mol. The highest BCUT2D eigenvalue weighted by Crippen LogP contribution is 2.55. The number of nitro groups is 1. The maximum Gasteiger partial charge on any atom is 0.339 e. The fourth-order valence-corrected chi connectivity index (χ4v) is 3.53. The summed E-state index contributed by atoms with van der Waals surface area (Å²) in [5, 5.41) is 22.0. The van der Waals surface area contributed by atoms with E-state index in [9.17, 15) is 24.6 Å². The fraction of sp³-hybridized carbons (Fsp3) is 0.900. The van der Waals surface area contributed by atoms with E-state index in [-0.39, 0.29) is 13.2 Å². The molecule has 0 amide bonds. The van der Waals surface area contributed by atoms with Crippen molar-refractivity contribution in [3.63, 3.8) is 0 Å². The number of rotatable bonds is 9. The topological polar surface area (TPSA) is 119 Å². The maximum absolute atomic E-state index is 12.4. The second kappa shape index (κ2) is 6.98. The largest absolute Gasteiger partial charge is 0.549 e. The molecule has 112 valence electrons. The van der Waals surface area contributed by atoms with Gasteiger partial charge in [-0.05, 0) is 13.8 Å². The number of carbonyl (C=O) groups excluding carboxylic acids is 1. The van der Waals surface area contributed by atoms with Gasteiger partial charge >= 0.3 is 7.60 Å². The van der Waals surface area contributed by atoms with E-state index in [1.54, 1.807) is 0 Å².